The Labute approximate surface area is 134 Å². The molecule has 124 valence electrons. The van der Waals surface area contributed by atoms with Crippen molar-refractivity contribution in [2.24, 2.45) is 0 Å². The van der Waals surface area contributed by atoms with Crippen LogP contribution in [0.1, 0.15) is 36.5 Å². The molecule has 0 N–H and O–H groups in total. The average Bonchev–Trinajstić information content (AvgIpc) is 3.19. The quantitative estimate of drug-likeness (QED) is 0.820. The van der Waals surface area contributed by atoms with E-state index in [0.29, 0.717) is 24.8 Å². The van der Waals surface area contributed by atoms with Crippen LogP contribution in [-0.2, 0) is 17.9 Å². The van der Waals surface area contributed by atoms with Gasteiger partial charge in [0.05, 0.1) is 18.8 Å². The van der Waals surface area contributed by atoms with Crippen LogP contribution in [0.3, 0.4) is 0 Å². The molecule has 0 unspecified atom stereocenters. The summed E-state index contributed by atoms with van der Waals surface area (Å²) >= 11 is 0. The van der Waals surface area contributed by atoms with E-state index in [0.717, 1.165) is 31.0 Å². The second kappa shape index (κ2) is 6.49. The van der Waals surface area contributed by atoms with Crippen molar-refractivity contribution in [3.05, 3.63) is 29.2 Å². The van der Waals surface area contributed by atoms with Gasteiger partial charge in [-0.15, -0.1) is 0 Å². The van der Waals surface area contributed by atoms with Crippen molar-refractivity contribution in [2.75, 3.05) is 13.1 Å². The second-order valence-corrected chi connectivity index (χ2v) is 5.99. The van der Waals surface area contributed by atoms with Crippen molar-refractivity contribution in [1.82, 2.24) is 25.1 Å². The maximum Gasteiger partial charge on any atom is 0.223 e. The molecule has 3 rings (SSSR count). The zero-order valence-electron chi connectivity index (χ0n) is 13.7. The zero-order valence-corrected chi connectivity index (χ0v) is 13.7. The minimum atomic E-state index is 0.0230. The predicted molar refractivity (Wildman–Crippen MR) is 80.2 cm³/mol. The Morgan fingerprint density at radius 1 is 1.39 bits per heavy atom. The molecule has 0 saturated carbocycles. The van der Waals surface area contributed by atoms with E-state index in [1.807, 2.05) is 17.9 Å². The highest BCUT2D eigenvalue weighted by Gasteiger charge is 2.30. The zero-order chi connectivity index (χ0) is 16.4. The van der Waals surface area contributed by atoms with Crippen LogP contribution in [0.15, 0.2) is 15.1 Å². The summed E-state index contributed by atoms with van der Waals surface area (Å²) in [4.78, 5) is 20.3. The van der Waals surface area contributed by atoms with Crippen molar-refractivity contribution < 1.29 is 13.8 Å². The summed E-state index contributed by atoms with van der Waals surface area (Å²) in [5.41, 5.74) is 0.883. The van der Waals surface area contributed by atoms with Gasteiger partial charge < -0.3 is 13.9 Å². The summed E-state index contributed by atoms with van der Waals surface area (Å²) in [5, 5.41) is 7.79. The Bertz CT molecular complexity index is 680. The Balaban J connectivity index is 1.61. The van der Waals surface area contributed by atoms with Gasteiger partial charge in [0.25, 0.3) is 0 Å². The monoisotopic (exact) mass is 319 g/mol. The average molecular weight is 319 g/mol. The summed E-state index contributed by atoms with van der Waals surface area (Å²) < 4.78 is 10.2. The van der Waals surface area contributed by atoms with Crippen molar-refractivity contribution in [1.29, 1.82) is 0 Å². The van der Waals surface area contributed by atoms with E-state index in [-0.39, 0.29) is 11.9 Å². The molecule has 1 amide bonds. The van der Waals surface area contributed by atoms with Crippen LogP contribution in [0.4, 0.5) is 0 Å². The molecule has 23 heavy (non-hydrogen) atoms. The topological polar surface area (TPSA) is 88.5 Å². The number of carbonyl (C=O) groups is 1. The molecule has 0 spiro atoms. The lowest BCUT2D eigenvalue weighted by atomic mass is 10.2. The summed E-state index contributed by atoms with van der Waals surface area (Å²) in [6.07, 6.45) is 0.920. The molecule has 1 atom stereocenters. The molecule has 8 heteroatoms. The molecule has 0 aromatic carbocycles. The van der Waals surface area contributed by atoms with E-state index in [2.05, 4.69) is 20.2 Å². The molecule has 1 aliphatic heterocycles. The van der Waals surface area contributed by atoms with Gasteiger partial charge in [-0.25, -0.2) is 0 Å². The molecular weight excluding hydrogens is 298 g/mol. The SMILES string of the molecule is CC(=O)N(Cc1noc(C)n1)[C@@H]1CCN(Cc2cc(C)no2)C1. The molecule has 1 aliphatic rings. The van der Waals surface area contributed by atoms with E-state index < -0.39 is 0 Å². The van der Waals surface area contributed by atoms with Crippen LogP contribution in [0.2, 0.25) is 0 Å². The third-order valence-corrected chi connectivity index (χ3v) is 4.03. The molecule has 1 saturated heterocycles. The minimum Gasteiger partial charge on any atom is -0.360 e. The van der Waals surface area contributed by atoms with E-state index in [1.165, 1.54) is 0 Å². The van der Waals surface area contributed by atoms with Gasteiger partial charge in [0.15, 0.2) is 11.6 Å². The summed E-state index contributed by atoms with van der Waals surface area (Å²) in [5.74, 6) is 1.93. The highest BCUT2D eigenvalue weighted by Crippen LogP contribution is 2.20. The lowest BCUT2D eigenvalue weighted by Gasteiger charge is -2.26. The maximum atomic E-state index is 12.0. The van der Waals surface area contributed by atoms with Gasteiger partial charge in [-0.2, -0.15) is 4.98 Å². The molecule has 1 fully saturated rings. The maximum absolute atomic E-state index is 12.0. The normalized spacial score (nSPS) is 18.5. The number of rotatable bonds is 5. The van der Waals surface area contributed by atoms with Crippen LogP contribution in [0.25, 0.3) is 0 Å². The third-order valence-electron chi connectivity index (χ3n) is 4.03. The predicted octanol–water partition coefficient (Wildman–Crippen LogP) is 1.30. The Morgan fingerprint density at radius 2 is 2.22 bits per heavy atom. The van der Waals surface area contributed by atoms with Gasteiger partial charge >= 0.3 is 0 Å². The van der Waals surface area contributed by atoms with Crippen LogP contribution in [-0.4, -0.2) is 50.1 Å². The van der Waals surface area contributed by atoms with Gasteiger partial charge in [-0.1, -0.05) is 10.3 Å². The van der Waals surface area contributed by atoms with E-state index >= 15 is 0 Å². The summed E-state index contributed by atoms with van der Waals surface area (Å²) in [7, 11) is 0. The lowest BCUT2D eigenvalue weighted by molar-refractivity contribution is -0.131. The number of hydrogen-bond acceptors (Lipinski definition) is 7. The largest absolute Gasteiger partial charge is 0.360 e. The van der Waals surface area contributed by atoms with Crippen LogP contribution in [0.5, 0.6) is 0 Å². The molecule has 2 aromatic rings. The van der Waals surface area contributed by atoms with Gasteiger partial charge in [0.2, 0.25) is 11.8 Å². The number of aromatic nitrogens is 3. The van der Waals surface area contributed by atoms with Crippen molar-refractivity contribution in [2.45, 2.75) is 46.3 Å². The van der Waals surface area contributed by atoms with Crippen LogP contribution >= 0.6 is 0 Å². The van der Waals surface area contributed by atoms with Gasteiger partial charge in [0.1, 0.15) is 0 Å². The molecule has 2 aromatic heterocycles. The highest BCUT2D eigenvalue weighted by molar-refractivity contribution is 5.73. The molecule has 0 radical (unpaired) electrons. The van der Waals surface area contributed by atoms with Crippen molar-refractivity contribution in [3.63, 3.8) is 0 Å². The molecular formula is C15H21N5O3. The standard InChI is InChI=1S/C15H21N5O3/c1-10-6-14(23-17-10)8-19-5-4-13(7-19)20(12(3)21)9-15-16-11(2)22-18-15/h6,13H,4-5,7-9H2,1-3H3/t13-/m1/s1. The number of amides is 1. The lowest BCUT2D eigenvalue weighted by Crippen LogP contribution is -2.40. The van der Waals surface area contributed by atoms with Crippen molar-refractivity contribution in [3.8, 4) is 0 Å². The first-order chi connectivity index (χ1) is 11.0. The van der Waals surface area contributed by atoms with Gasteiger partial charge in [-0.3, -0.25) is 9.69 Å². The van der Waals surface area contributed by atoms with Crippen LogP contribution < -0.4 is 0 Å². The Kier molecular flexibility index (Phi) is 4.42. The third kappa shape index (κ3) is 3.76. The summed E-state index contributed by atoms with van der Waals surface area (Å²) in [6.45, 7) is 8.04. The van der Waals surface area contributed by atoms with E-state index in [4.69, 9.17) is 9.05 Å². The number of aryl methyl sites for hydroxylation is 2. The fourth-order valence-electron chi connectivity index (χ4n) is 2.98. The molecule has 0 bridgehead atoms. The minimum absolute atomic E-state index is 0.0230. The highest BCUT2D eigenvalue weighted by atomic mass is 16.5. The first-order valence-electron chi connectivity index (χ1n) is 7.72. The number of carbonyl (C=O) groups excluding carboxylic acids is 1. The van der Waals surface area contributed by atoms with Crippen LogP contribution in [0, 0.1) is 13.8 Å². The van der Waals surface area contributed by atoms with Crippen molar-refractivity contribution >= 4 is 5.91 Å². The number of nitrogens with zero attached hydrogens (tertiary/aromatic N) is 5. The summed E-state index contributed by atoms with van der Waals surface area (Å²) in [6, 6.07) is 2.09. The molecule has 3 heterocycles. The van der Waals surface area contributed by atoms with E-state index in [1.54, 1.807) is 13.8 Å². The fourth-order valence-corrected chi connectivity index (χ4v) is 2.98. The van der Waals surface area contributed by atoms with E-state index in [9.17, 15) is 4.79 Å². The molecule has 8 nitrogen and oxygen atoms in total. The first-order valence-corrected chi connectivity index (χ1v) is 7.72. The Hall–Kier alpha value is -2.22. The smallest absolute Gasteiger partial charge is 0.223 e. The number of hydrogen-bond donors (Lipinski definition) is 0. The second-order valence-electron chi connectivity index (χ2n) is 5.99. The number of likely N-dealkylation sites (tertiary alicyclic amines) is 1. The first kappa shape index (κ1) is 15.7. The molecule has 0 aliphatic carbocycles. The van der Waals surface area contributed by atoms with Gasteiger partial charge in [0, 0.05) is 39.0 Å². The van der Waals surface area contributed by atoms with Gasteiger partial charge in [-0.05, 0) is 13.3 Å². The Morgan fingerprint density at radius 3 is 2.83 bits per heavy atom. The fraction of sp³-hybridized carbons (Fsp3) is 0.600.